The minimum atomic E-state index is -4.53. The predicted molar refractivity (Wildman–Crippen MR) is 43.3 cm³/mol. The molecule has 1 N–H and O–H groups in total. The van der Waals surface area contributed by atoms with E-state index >= 15 is 0 Å². The SMILES string of the molecule is Cc1cc(F)ccc1OS(=O)(=O)O. The lowest BCUT2D eigenvalue weighted by Gasteiger charge is -2.03. The van der Waals surface area contributed by atoms with E-state index in [9.17, 15) is 12.8 Å². The molecule has 72 valence electrons. The molecule has 0 aromatic heterocycles. The molecule has 0 saturated heterocycles. The fraction of sp³-hybridized carbons (Fsp3) is 0.143. The Balaban J connectivity index is 3.04. The van der Waals surface area contributed by atoms with Crippen molar-refractivity contribution >= 4 is 10.4 Å². The summed E-state index contributed by atoms with van der Waals surface area (Å²) < 4.78 is 45.5. The summed E-state index contributed by atoms with van der Waals surface area (Å²) in [5, 5.41) is 0. The highest BCUT2D eigenvalue weighted by Crippen LogP contribution is 2.19. The fourth-order valence-electron chi connectivity index (χ4n) is 0.820. The van der Waals surface area contributed by atoms with Gasteiger partial charge in [0, 0.05) is 0 Å². The topological polar surface area (TPSA) is 63.6 Å². The Morgan fingerprint density at radius 3 is 2.54 bits per heavy atom. The molecule has 6 heteroatoms. The highest BCUT2D eigenvalue weighted by molar-refractivity contribution is 7.81. The van der Waals surface area contributed by atoms with Crippen LogP contribution in [0.4, 0.5) is 4.39 Å². The molecule has 0 heterocycles. The van der Waals surface area contributed by atoms with Gasteiger partial charge in [-0.3, -0.25) is 4.55 Å². The summed E-state index contributed by atoms with van der Waals surface area (Å²) in [7, 11) is -4.53. The number of rotatable bonds is 2. The summed E-state index contributed by atoms with van der Waals surface area (Å²) in [5.41, 5.74) is 0.289. The minimum Gasteiger partial charge on any atom is -0.362 e. The van der Waals surface area contributed by atoms with E-state index in [0.29, 0.717) is 0 Å². The highest BCUT2D eigenvalue weighted by atomic mass is 32.3. The molecule has 0 amide bonds. The zero-order valence-electron chi connectivity index (χ0n) is 6.69. The van der Waals surface area contributed by atoms with Crippen LogP contribution in [-0.4, -0.2) is 13.0 Å². The lowest BCUT2D eigenvalue weighted by Crippen LogP contribution is -2.07. The molecule has 0 unspecified atom stereocenters. The maximum absolute atomic E-state index is 12.5. The molecule has 4 nitrogen and oxygen atoms in total. The molecule has 0 atom stereocenters. The summed E-state index contributed by atoms with van der Waals surface area (Å²) in [6.07, 6.45) is 0. The van der Waals surface area contributed by atoms with Gasteiger partial charge in [0.1, 0.15) is 11.6 Å². The third-order valence-corrected chi connectivity index (χ3v) is 1.72. The summed E-state index contributed by atoms with van der Waals surface area (Å²) in [4.78, 5) is 0. The number of halogens is 1. The first-order valence-corrected chi connectivity index (χ1v) is 4.68. The van der Waals surface area contributed by atoms with Gasteiger partial charge in [0.05, 0.1) is 0 Å². The van der Waals surface area contributed by atoms with Crippen molar-refractivity contribution in [1.82, 2.24) is 0 Å². The van der Waals surface area contributed by atoms with Gasteiger partial charge in [0.2, 0.25) is 0 Å². The van der Waals surface area contributed by atoms with Crippen LogP contribution in [0.2, 0.25) is 0 Å². The maximum atomic E-state index is 12.5. The second-order valence-electron chi connectivity index (χ2n) is 2.42. The molecule has 1 aromatic carbocycles. The average Bonchev–Trinajstić information content (AvgIpc) is 1.93. The maximum Gasteiger partial charge on any atom is 0.446 e. The van der Waals surface area contributed by atoms with Crippen LogP contribution in [0.25, 0.3) is 0 Å². The molecule has 0 radical (unpaired) electrons. The molecule has 0 bridgehead atoms. The Hall–Kier alpha value is -1.14. The molecule has 1 aromatic rings. The Morgan fingerprint density at radius 1 is 1.46 bits per heavy atom. The van der Waals surface area contributed by atoms with Crippen LogP contribution >= 0.6 is 0 Å². The van der Waals surface area contributed by atoms with Gasteiger partial charge in [-0.05, 0) is 30.7 Å². The first kappa shape index (κ1) is 9.94. The van der Waals surface area contributed by atoms with Crippen LogP contribution in [0.1, 0.15) is 5.56 Å². The summed E-state index contributed by atoms with van der Waals surface area (Å²) >= 11 is 0. The van der Waals surface area contributed by atoms with Gasteiger partial charge in [0.25, 0.3) is 0 Å². The van der Waals surface area contributed by atoms with Gasteiger partial charge in [-0.1, -0.05) is 0 Å². The van der Waals surface area contributed by atoms with Crippen LogP contribution in [0.5, 0.6) is 5.75 Å². The summed E-state index contributed by atoms with van der Waals surface area (Å²) in [6, 6.07) is 3.26. The Kier molecular flexibility index (Phi) is 2.53. The number of hydrogen-bond donors (Lipinski definition) is 1. The van der Waals surface area contributed by atoms with Crippen molar-refractivity contribution in [2.24, 2.45) is 0 Å². The van der Waals surface area contributed by atoms with Crippen molar-refractivity contribution < 1.29 is 21.5 Å². The molecule has 0 aliphatic heterocycles. The summed E-state index contributed by atoms with van der Waals surface area (Å²) in [6.45, 7) is 1.46. The lowest BCUT2D eigenvalue weighted by atomic mass is 10.2. The predicted octanol–water partition coefficient (Wildman–Crippen LogP) is 1.32. The van der Waals surface area contributed by atoms with Crippen molar-refractivity contribution in [1.29, 1.82) is 0 Å². The van der Waals surface area contributed by atoms with E-state index in [0.717, 1.165) is 18.2 Å². The van der Waals surface area contributed by atoms with E-state index in [1.165, 1.54) is 6.92 Å². The number of aryl methyl sites for hydroxylation is 1. The zero-order valence-corrected chi connectivity index (χ0v) is 7.51. The van der Waals surface area contributed by atoms with E-state index in [2.05, 4.69) is 4.18 Å². The quantitative estimate of drug-likeness (QED) is 0.741. The largest absolute Gasteiger partial charge is 0.446 e. The van der Waals surface area contributed by atoms with E-state index < -0.39 is 16.2 Å². The lowest BCUT2D eigenvalue weighted by molar-refractivity contribution is 0.385. The van der Waals surface area contributed by atoms with Crippen molar-refractivity contribution in [2.75, 3.05) is 0 Å². The van der Waals surface area contributed by atoms with Gasteiger partial charge < -0.3 is 4.18 Å². The van der Waals surface area contributed by atoms with Gasteiger partial charge in [-0.15, -0.1) is 0 Å². The molecule has 13 heavy (non-hydrogen) atoms. The van der Waals surface area contributed by atoms with Crippen molar-refractivity contribution in [3.63, 3.8) is 0 Å². The van der Waals surface area contributed by atoms with Crippen LogP contribution in [0.15, 0.2) is 18.2 Å². The third-order valence-electron chi connectivity index (χ3n) is 1.33. The standard InChI is InChI=1S/C7H7FO4S/c1-5-4-6(8)2-3-7(5)12-13(9,10)11/h2-4H,1H3,(H,9,10,11). The second-order valence-corrected chi connectivity index (χ2v) is 3.44. The van der Waals surface area contributed by atoms with E-state index in [4.69, 9.17) is 4.55 Å². The smallest absolute Gasteiger partial charge is 0.362 e. The monoisotopic (exact) mass is 206 g/mol. The van der Waals surface area contributed by atoms with Crippen LogP contribution in [0, 0.1) is 12.7 Å². The molecule has 0 fully saturated rings. The van der Waals surface area contributed by atoms with E-state index in [1.807, 2.05) is 0 Å². The molecular formula is C7H7FO4S. The molecule has 0 aliphatic carbocycles. The molecular weight excluding hydrogens is 199 g/mol. The van der Waals surface area contributed by atoms with Gasteiger partial charge >= 0.3 is 10.4 Å². The van der Waals surface area contributed by atoms with Gasteiger partial charge in [0.15, 0.2) is 0 Å². The normalized spacial score (nSPS) is 11.3. The Labute approximate surface area is 74.9 Å². The minimum absolute atomic E-state index is 0.0936. The Morgan fingerprint density at radius 2 is 2.08 bits per heavy atom. The number of hydrogen-bond acceptors (Lipinski definition) is 3. The third kappa shape index (κ3) is 3.00. The summed E-state index contributed by atoms with van der Waals surface area (Å²) in [5.74, 6) is -0.593. The first-order chi connectivity index (χ1) is 5.88. The van der Waals surface area contributed by atoms with Crippen LogP contribution < -0.4 is 4.18 Å². The van der Waals surface area contributed by atoms with Crippen molar-refractivity contribution in [3.05, 3.63) is 29.6 Å². The average molecular weight is 206 g/mol. The van der Waals surface area contributed by atoms with E-state index in [-0.39, 0.29) is 11.3 Å². The molecule has 0 saturated carbocycles. The van der Waals surface area contributed by atoms with Gasteiger partial charge in [-0.25, -0.2) is 4.39 Å². The van der Waals surface area contributed by atoms with Crippen LogP contribution in [-0.2, 0) is 10.4 Å². The molecule has 0 aliphatic rings. The zero-order chi connectivity index (χ0) is 10.1. The number of benzene rings is 1. The van der Waals surface area contributed by atoms with Crippen molar-refractivity contribution in [3.8, 4) is 5.75 Å². The second kappa shape index (κ2) is 3.31. The Bertz CT molecular complexity index is 413. The molecule has 1 rings (SSSR count). The fourth-order valence-corrected chi connectivity index (χ4v) is 1.23. The van der Waals surface area contributed by atoms with Crippen molar-refractivity contribution in [2.45, 2.75) is 6.92 Å². The highest BCUT2D eigenvalue weighted by Gasteiger charge is 2.09. The van der Waals surface area contributed by atoms with E-state index in [1.54, 1.807) is 0 Å². The van der Waals surface area contributed by atoms with Crippen LogP contribution in [0.3, 0.4) is 0 Å². The molecule has 0 spiro atoms. The van der Waals surface area contributed by atoms with Gasteiger partial charge in [-0.2, -0.15) is 8.42 Å². The first-order valence-electron chi connectivity index (χ1n) is 3.31.